The van der Waals surface area contributed by atoms with Crippen LogP contribution < -0.4 is 9.13 Å². The fraction of sp³-hybridized carbons (Fsp3) is 0.500. The van der Waals surface area contributed by atoms with Crippen LogP contribution in [0.2, 0.25) is 0 Å². The molecule has 2 heterocycles. The Kier molecular flexibility index (Phi) is 6.01. The summed E-state index contributed by atoms with van der Waals surface area (Å²) >= 11 is 0. The minimum Gasteiger partial charge on any atom is -0.373 e. The van der Waals surface area contributed by atoms with Crippen LogP contribution in [-0.4, -0.2) is 22.3 Å². The van der Waals surface area contributed by atoms with E-state index in [1.807, 2.05) is 12.4 Å². The number of aromatic nitrogens is 4. The lowest BCUT2D eigenvalue weighted by molar-refractivity contribution is -0.715. The third kappa shape index (κ3) is 3.47. The Hall–Kier alpha value is -2.14. The average Bonchev–Trinajstić information content (AvgIpc) is 2.92. The van der Waals surface area contributed by atoms with Crippen LogP contribution in [0.1, 0.15) is 34.4 Å². The maximum Gasteiger partial charge on any atom is 0.258 e. The molecule has 0 aliphatic carbocycles. The summed E-state index contributed by atoms with van der Waals surface area (Å²) in [7, 11) is 0. The summed E-state index contributed by atoms with van der Waals surface area (Å²) in [5.41, 5.74) is 4.99. The van der Waals surface area contributed by atoms with E-state index in [1.165, 1.54) is 34.4 Å². The van der Waals surface area contributed by atoms with Crippen LogP contribution in [0.5, 0.6) is 0 Å². The molecule has 0 saturated carbocycles. The van der Waals surface area contributed by atoms with E-state index >= 15 is 0 Å². The third-order valence-corrected chi connectivity index (χ3v) is 5.34. The molecule has 2 rings (SSSR count). The van der Waals surface area contributed by atoms with E-state index in [4.69, 9.17) is 4.74 Å². The summed E-state index contributed by atoms with van der Waals surface area (Å²) in [6.45, 7) is 23.7. The van der Waals surface area contributed by atoms with Crippen LogP contribution in [0, 0.1) is 41.5 Å². The predicted molar refractivity (Wildman–Crippen MR) is 101 cm³/mol. The van der Waals surface area contributed by atoms with Gasteiger partial charge in [-0.05, 0) is 0 Å². The Morgan fingerprint density at radius 2 is 1.12 bits per heavy atom. The maximum atomic E-state index is 5.92. The summed E-state index contributed by atoms with van der Waals surface area (Å²) in [6, 6.07) is 0. The molecule has 0 aliphatic heterocycles. The normalized spacial score (nSPS) is 11.1. The van der Waals surface area contributed by atoms with Gasteiger partial charge in [0.2, 0.25) is 0 Å². The van der Waals surface area contributed by atoms with Crippen LogP contribution in [0.3, 0.4) is 0 Å². The van der Waals surface area contributed by atoms with Crippen molar-refractivity contribution >= 4 is 12.4 Å². The molecule has 0 spiro atoms. The lowest BCUT2D eigenvalue weighted by Crippen LogP contribution is -2.42. The van der Waals surface area contributed by atoms with E-state index in [2.05, 4.69) is 73.0 Å². The maximum absolute atomic E-state index is 5.92. The molecule has 25 heavy (non-hydrogen) atoms. The van der Waals surface area contributed by atoms with Gasteiger partial charge in [0.05, 0.1) is 25.6 Å². The lowest BCUT2D eigenvalue weighted by atomic mass is 10.3. The van der Waals surface area contributed by atoms with Gasteiger partial charge in [0.1, 0.15) is 35.9 Å². The van der Waals surface area contributed by atoms with Crippen LogP contribution in [0.4, 0.5) is 0 Å². The van der Waals surface area contributed by atoms with Gasteiger partial charge in [-0.15, -0.1) is 0 Å². The fourth-order valence-electron chi connectivity index (χ4n) is 3.58. The smallest absolute Gasteiger partial charge is 0.258 e. The number of rotatable bonds is 8. The van der Waals surface area contributed by atoms with Crippen LogP contribution in [-0.2, 0) is 17.8 Å². The quantitative estimate of drug-likeness (QED) is 0.534. The summed E-state index contributed by atoms with van der Waals surface area (Å²) < 4.78 is 14.7. The number of hydrogen-bond donors (Lipinski definition) is 0. The molecule has 5 nitrogen and oxygen atoms in total. The topological polar surface area (TPSA) is 26.8 Å². The molecule has 0 fully saturated rings. The van der Waals surface area contributed by atoms with Gasteiger partial charge < -0.3 is 4.74 Å². The number of imidazole rings is 2. The van der Waals surface area contributed by atoms with Crippen molar-refractivity contribution < 1.29 is 13.9 Å². The van der Waals surface area contributed by atoms with Crippen molar-refractivity contribution in [3.8, 4) is 0 Å². The standard InChI is InChI=1S/C20H32N4O/c1-9-21-15(3)17(5)23(19(21)7)11-13-25-14-12-24-18(6)16(4)22(10-2)20(24)8/h9-10H,1-2,11-14H2,3-8H3/q+2. The number of nitrogens with zero attached hydrogens (tertiary/aromatic N) is 4. The molecule has 0 amide bonds. The minimum absolute atomic E-state index is 0.701. The van der Waals surface area contributed by atoms with Gasteiger partial charge in [-0.2, -0.15) is 0 Å². The third-order valence-electron chi connectivity index (χ3n) is 5.34. The van der Waals surface area contributed by atoms with E-state index in [-0.39, 0.29) is 0 Å². The highest BCUT2D eigenvalue weighted by molar-refractivity contribution is 5.25. The van der Waals surface area contributed by atoms with E-state index in [0.29, 0.717) is 13.2 Å². The molecule has 0 unspecified atom stereocenters. The Bertz CT molecular complexity index is 729. The zero-order chi connectivity index (χ0) is 18.7. The lowest BCUT2D eigenvalue weighted by Gasteiger charge is -2.05. The average molecular weight is 345 g/mol. The molecule has 0 aromatic carbocycles. The molecule has 2 aromatic heterocycles. The molecule has 136 valence electrons. The first-order valence-electron chi connectivity index (χ1n) is 8.83. The Labute approximate surface area is 151 Å². The fourth-order valence-corrected chi connectivity index (χ4v) is 3.58. The summed E-state index contributed by atoms with van der Waals surface area (Å²) in [5.74, 6) is 2.38. The second-order valence-corrected chi connectivity index (χ2v) is 6.46. The van der Waals surface area contributed by atoms with Crippen molar-refractivity contribution in [1.82, 2.24) is 9.13 Å². The van der Waals surface area contributed by atoms with E-state index in [0.717, 1.165) is 13.1 Å². The molecule has 0 saturated heterocycles. The molecular formula is C20H32N4O+2. The molecule has 0 N–H and O–H groups in total. The zero-order valence-corrected chi connectivity index (χ0v) is 16.6. The minimum atomic E-state index is 0.701. The van der Waals surface area contributed by atoms with Gasteiger partial charge in [-0.25, -0.2) is 18.3 Å². The molecule has 0 bridgehead atoms. The first-order chi connectivity index (χ1) is 11.8. The summed E-state index contributed by atoms with van der Waals surface area (Å²) in [4.78, 5) is 0. The van der Waals surface area contributed by atoms with Gasteiger partial charge >= 0.3 is 0 Å². The van der Waals surface area contributed by atoms with E-state index in [1.54, 1.807) is 0 Å². The monoisotopic (exact) mass is 344 g/mol. The molecule has 5 heteroatoms. The second kappa shape index (κ2) is 7.83. The van der Waals surface area contributed by atoms with Gasteiger partial charge in [0, 0.05) is 41.5 Å². The van der Waals surface area contributed by atoms with Crippen LogP contribution in [0.25, 0.3) is 12.4 Å². The largest absolute Gasteiger partial charge is 0.373 e. The highest BCUT2D eigenvalue weighted by Crippen LogP contribution is 2.08. The molecular weight excluding hydrogens is 312 g/mol. The Morgan fingerprint density at radius 1 is 0.760 bits per heavy atom. The van der Waals surface area contributed by atoms with Crippen molar-refractivity contribution in [1.29, 1.82) is 0 Å². The van der Waals surface area contributed by atoms with Gasteiger partial charge in [0.15, 0.2) is 0 Å². The van der Waals surface area contributed by atoms with Crippen molar-refractivity contribution in [2.75, 3.05) is 13.2 Å². The van der Waals surface area contributed by atoms with Gasteiger partial charge in [-0.1, -0.05) is 13.2 Å². The highest BCUT2D eigenvalue weighted by Gasteiger charge is 2.21. The summed E-state index contributed by atoms with van der Waals surface area (Å²) in [6.07, 6.45) is 3.73. The Morgan fingerprint density at radius 3 is 1.40 bits per heavy atom. The predicted octanol–water partition coefficient (Wildman–Crippen LogP) is 2.63. The number of ether oxygens (including phenoxy) is 1. The van der Waals surface area contributed by atoms with Crippen molar-refractivity contribution in [3.63, 3.8) is 0 Å². The van der Waals surface area contributed by atoms with Crippen molar-refractivity contribution in [2.24, 2.45) is 0 Å². The first-order valence-corrected chi connectivity index (χ1v) is 8.83. The van der Waals surface area contributed by atoms with Gasteiger partial charge in [0.25, 0.3) is 11.6 Å². The second-order valence-electron chi connectivity index (χ2n) is 6.46. The van der Waals surface area contributed by atoms with E-state index < -0.39 is 0 Å². The zero-order valence-electron chi connectivity index (χ0n) is 16.6. The number of hydrogen-bond acceptors (Lipinski definition) is 1. The van der Waals surface area contributed by atoms with Crippen LogP contribution in [0.15, 0.2) is 13.2 Å². The van der Waals surface area contributed by atoms with Gasteiger partial charge in [-0.3, -0.25) is 0 Å². The molecule has 0 aliphatic rings. The molecule has 2 aromatic rings. The van der Waals surface area contributed by atoms with E-state index in [9.17, 15) is 0 Å². The Balaban J connectivity index is 1.94. The van der Waals surface area contributed by atoms with Crippen LogP contribution >= 0.6 is 0 Å². The highest BCUT2D eigenvalue weighted by atomic mass is 16.5. The molecule has 0 radical (unpaired) electrons. The first kappa shape index (κ1) is 19.2. The van der Waals surface area contributed by atoms with Crippen molar-refractivity contribution in [3.05, 3.63) is 47.6 Å². The SMILES string of the molecule is C=Cn1c(C)c(C)[n+](CCOCC[n+]2c(C)c(C)n(C=C)c2C)c1C. The summed E-state index contributed by atoms with van der Waals surface area (Å²) in [5, 5.41) is 0. The molecule has 0 atom stereocenters. The van der Waals surface area contributed by atoms with Crippen molar-refractivity contribution in [2.45, 2.75) is 54.6 Å².